The zero-order valence-electron chi connectivity index (χ0n) is 17.4. The molecule has 0 saturated carbocycles. The van der Waals surface area contributed by atoms with Crippen molar-refractivity contribution in [3.05, 3.63) is 107 Å². The molecule has 1 aromatic heterocycles. The molecule has 0 saturated heterocycles. The van der Waals surface area contributed by atoms with Gasteiger partial charge in [0.05, 0.1) is 16.8 Å². The van der Waals surface area contributed by atoms with Crippen molar-refractivity contribution in [1.29, 1.82) is 0 Å². The molecule has 2 aliphatic rings. The minimum atomic E-state index is -1.02. The summed E-state index contributed by atoms with van der Waals surface area (Å²) in [6.07, 6.45) is 6.91. The lowest BCUT2D eigenvalue weighted by Gasteiger charge is -2.22. The number of carbonyl (C=O) groups is 1. The predicted molar refractivity (Wildman–Crippen MR) is 126 cm³/mol. The number of hydrogen-bond donors (Lipinski definition) is 2. The Bertz CT molecular complexity index is 1440. The number of aromatic carboxylic acids is 1. The Kier molecular flexibility index (Phi) is 5.51. The van der Waals surface area contributed by atoms with Crippen molar-refractivity contribution in [2.45, 2.75) is 6.42 Å². The molecule has 168 valence electrons. The van der Waals surface area contributed by atoms with E-state index in [0.29, 0.717) is 28.9 Å². The van der Waals surface area contributed by atoms with Crippen molar-refractivity contribution in [2.75, 3.05) is 5.32 Å². The Morgan fingerprint density at radius 3 is 2.47 bits per heavy atom. The van der Waals surface area contributed by atoms with Gasteiger partial charge < -0.3 is 10.4 Å². The number of benzene rings is 2. The molecule has 0 amide bonds. The summed E-state index contributed by atoms with van der Waals surface area (Å²) in [5.41, 5.74) is 3.31. The van der Waals surface area contributed by atoms with Crippen LogP contribution in [0.3, 0.4) is 0 Å². The Hall–Kier alpha value is -4.17. The molecule has 0 spiro atoms. The van der Waals surface area contributed by atoms with Crippen LogP contribution in [-0.2, 0) is 6.42 Å². The Morgan fingerprint density at radius 2 is 1.76 bits per heavy atom. The highest BCUT2D eigenvalue weighted by atomic mass is 35.5. The number of anilines is 2. The lowest BCUT2D eigenvalue weighted by Crippen LogP contribution is -2.10. The van der Waals surface area contributed by atoms with Crippen molar-refractivity contribution < 1.29 is 18.7 Å². The van der Waals surface area contributed by atoms with E-state index >= 15 is 0 Å². The molecule has 0 radical (unpaired) electrons. The third kappa shape index (κ3) is 3.99. The van der Waals surface area contributed by atoms with Gasteiger partial charge in [0.15, 0.2) is 0 Å². The number of hydrogen-bond acceptors (Lipinski definition) is 5. The Balaban J connectivity index is 1.54. The number of aromatic nitrogens is 2. The topological polar surface area (TPSA) is 87.5 Å². The van der Waals surface area contributed by atoms with Crippen LogP contribution in [0.4, 0.5) is 20.4 Å². The van der Waals surface area contributed by atoms with Crippen LogP contribution in [0.25, 0.3) is 11.1 Å². The summed E-state index contributed by atoms with van der Waals surface area (Å²) in [5.74, 6) is -2.17. The highest BCUT2D eigenvalue weighted by molar-refractivity contribution is 6.69. The number of halogens is 3. The van der Waals surface area contributed by atoms with Gasteiger partial charge in [0.25, 0.3) is 0 Å². The number of nitrogens with one attached hydrogen (secondary N) is 1. The number of fused-ring (bicyclic) bond motifs is 3. The average molecular weight is 477 g/mol. The van der Waals surface area contributed by atoms with Crippen LogP contribution in [0.2, 0.25) is 0 Å². The smallest absolute Gasteiger partial charge is 0.335 e. The fraction of sp³-hybridized carbons (Fsp3) is 0.0400. The third-order valence-electron chi connectivity index (χ3n) is 5.43. The molecule has 2 heterocycles. The first kappa shape index (κ1) is 21.7. The number of allylic oxidation sites excluding steroid dienone is 5. The van der Waals surface area contributed by atoms with Gasteiger partial charge in [0.2, 0.25) is 5.95 Å². The maximum absolute atomic E-state index is 14.7. The average Bonchev–Trinajstić information content (AvgIpc) is 2.98. The van der Waals surface area contributed by atoms with Crippen LogP contribution in [0.15, 0.2) is 77.6 Å². The van der Waals surface area contributed by atoms with Gasteiger partial charge in [-0.05, 0) is 60.0 Å². The second-order valence-corrected chi connectivity index (χ2v) is 7.93. The SMILES string of the molecule is O=C(O)c1ccc(Nc2ncc3c(n2)C2=CN=C(Cl)C=C(c4c(F)cccc4F)C2=CC3)cc1. The molecule has 1 aliphatic carbocycles. The molecule has 9 heteroatoms. The van der Waals surface area contributed by atoms with Gasteiger partial charge in [-0.2, -0.15) is 0 Å². The first-order valence-electron chi connectivity index (χ1n) is 10.2. The number of rotatable bonds is 4. The van der Waals surface area contributed by atoms with Gasteiger partial charge in [0, 0.05) is 29.2 Å². The molecular weight excluding hydrogens is 462 g/mol. The minimum absolute atomic E-state index is 0.0768. The van der Waals surface area contributed by atoms with Gasteiger partial charge in [-0.3, -0.25) is 0 Å². The van der Waals surface area contributed by atoms with Crippen LogP contribution in [0, 0.1) is 11.6 Å². The van der Waals surface area contributed by atoms with Crippen molar-refractivity contribution in [3.63, 3.8) is 0 Å². The molecule has 5 rings (SSSR count). The molecule has 2 N–H and O–H groups in total. The summed E-state index contributed by atoms with van der Waals surface area (Å²) in [5, 5.41) is 12.2. The molecular formula is C25H15ClF2N4O2. The molecule has 0 fully saturated rings. The molecule has 6 nitrogen and oxygen atoms in total. The van der Waals surface area contributed by atoms with Crippen LogP contribution in [-0.4, -0.2) is 26.2 Å². The van der Waals surface area contributed by atoms with E-state index < -0.39 is 17.6 Å². The zero-order valence-corrected chi connectivity index (χ0v) is 18.1. The maximum Gasteiger partial charge on any atom is 0.335 e. The maximum atomic E-state index is 14.7. The van der Waals surface area contributed by atoms with E-state index in [9.17, 15) is 13.6 Å². The van der Waals surface area contributed by atoms with E-state index in [-0.39, 0.29) is 27.8 Å². The molecule has 1 aliphatic heterocycles. The number of carboxylic acid groups (broad SMARTS) is 1. The number of nitrogens with zero attached hydrogens (tertiary/aromatic N) is 3. The molecule has 0 atom stereocenters. The molecule has 0 unspecified atom stereocenters. The summed E-state index contributed by atoms with van der Waals surface area (Å²) < 4.78 is 29.3. The minimum Gasteiger partial charge on any atom is -0.478 e. The first-order chi connectivity index (χ1) is 16.4. The highest BCUT2D eigenvalue weighted by Gasteiger charge is 2.27. The molecule has 3 aromatic rings. The van der Waals surface area contributed by atoms with E-state index in [4.69, 9.17) is 16.7 Å². The fourth-order valence-electron chi connectivity index (χ4n) is 3.83. The van der Waals surface area contributed by atoms with Crippen molar-refractivity contribution in [3.8, 4) is 0 Å². The second-order valence-electron chi connectivity index (χ2n) is 7.55. The van der Waals surface area contributed by atoms with Crippen molar-refractivity contribution in [2.24, 2.45) is 4.99 Å². The zero-order chi connectivity index (χ0) is 23.8. The van der Waals surface area contributed by atoms with E-state index in [2.05, 4.69) is 20.3 Å². The lowest BCUT2D eigenvalue weighted by atomic mass is 9.84. The van der Waals surface area contributed by atoms with Gasteiger partial charge in [-0.25, -0.2) is 28.5 Å². The Morgan fingerprint density at radius 1 is 1.03 bits per heavy atom. The summed E-state index contributed by atoms with van der Waals surface area (Å²) in [6.45, 7) is 0. The van der Waals surface area contributed by atoms with E-state index in [0.717, 1.165) is 5.56 Å². The van der Waals surface area contributed by atoms with Crippen molar-refractivity contribution >= 4 is 45.5 Å². The fourth-order valence-corrected chi connectivity index (χ4v) is 3.99. The number of carboxylic acids is 1. The van der Waals surface area contributed by atoms with E-state index in [1.54, 1.807) is 18.3 Å². The van der Waals surface area contributed by atoms with Gasteiger partial charge in [0.1, 0.15) is 16.8 Å². The van der Waals surface area contributed by atoms with Crippen LogP contribution >= 0.6 is 11.6 Å². The quantitative estimate of drug-likeness (QED) is 0.500. The summed E-state index contributed by atoms with van der Waals surface area (Å²) in [7, 11) is 0. The summed E-state index contributed by atoms with van der Waals surface area (Å²) >= 11 is 6.21. The second kappa shape index (κ2) is 8.64. The largest absolute Gasteiger partial charge is 0.478 e. The normalized spacial score (nSPS) is 14.6. The predicted octanol–water partition coefficient (Wildman–Crippen LogP) is 5.75. The first-order valence-corrected chi connectivity index (χ1v) is 10.6. The van der Waals surface area contributed by atoms with Gasteiger partial charge >= 0.3 is 5.97 Å². The summed E-state index contributed by atoms with van der Waals surface area (Å²) in [6, 6.07) is 9.83. The van der Waals surface area contributed by atoms with Crippen molar-refractivity contribution in [1.82, 2.24) is 9.97 Å². The highest BCUT2D eigenvalue weighted by Crippen LogP contribution is 2.41. The summed E-state index contributed by atoms with van der Waals surface area (Å²) in [4.78, 5) is 24.2. The number of aliphatic imine (C=N–C) groups is 1. The van der Waals surface area contributed by atoms with E-state index in [1.807, 2.05) is 6.08 Å². The molecule has 0 bridgehead atoms. The molecule has 2 aromatic carbocycles. The standard InChI is InChI=1S/C25H15ClF2N4O2/c26-21-10-17(22-19(27)2-1-3-20(22)28)16-9-6-14-11-30-25(32-23(14)18(16)12-29-21)31-15-7-4-13(5-8-15)24(33)34/h1-5,7-12H,6H2,(H,33,34)(H,30,31,32). The monoisotopic (exact) mass is 476 g/mol. The molecule has 34 heavy (non-hydrogen) atoms. The van der Waals surface area contributed by atoms with Crippen LogP contribution < -0.4 is 5.32 Å². The van der Waals surface area contributed by atoms with E-state index in [1.165, 1.54) is 42.6 Å². The third-order valence-corrected chi connectivity index (χ3v) is 5.63. The van der Waals surface area contributed by atoms with Gasteiger partial charge in [-0.1, -0.05) is 23.7 Å². The lowest BCUT2D eigenvalue weighted by molar-refractivity contribution is 0.0697. The Labute approximate surface area is 197 Å². The van der Waals surface area contributed by atoms with Gasteiger partial charge in [-0.15, -0.1) is 0 Å². The van der Waals surface area contributed by atoms with Crippen LogP contribution in [0.5, 0.6) is 0 Å². The van der Waals surface area contributed by atoms with Crippen LogP contribution in [0.1, 0.15) is 27.2 Å².